The third-order valence-electron chi connectivity index (χ3n) is 5.37. The molecule has 1 fully saturated rings. The molecule has 0 spiro atoms. The van der Waals surface area contributed by atoms with Crippen molar-refractivity contribution in [3.05, 3.63) is 65.5 Å². The van der Waals surface area contributed by atoms with Gasteiger partial charge in [0.2, 0.25) is 5.91 Å². The summed E-state index contributed by atoms with van der Waals surface area (Å²) >= 11 is 0. The molecule has 8 heteroatoms. The molecule has 0 aliphatic carbocycles. The first-order valence-electron chi connectivity index (χ1n) is 11.1. The Kier molecular flexibility index (Phi) is 7.92. The molecule has 2 aromatic rings. The van der Waals surface area contributed by atoms with Crippen molar-refractivity contribution in [1.82, 2.24) is 15.1 Å². The predicted octanol–water partition coefficient (Wildman–Crippen LogP) is 3.31. The van der Waals surface area contributed by atoms with E-state index in [0.29, 0.717) is 31.7 Å². The molecule has 2 aromatic carbocycles. The molecule has 1 heterocycles. The number of carbonyl (C=O) groups excluding carboxylic acids is 2. The molecule has 1 aliphatic heterocycles. The summed E-state index contributed by atoms with van der Waals surface area (Å²) in [6, 6.07) is 13.2. The van der Waals surface area contributed by atoms with E-state index in [4.69, 9.17) is 4.74 Å². The van der Waals surface area contributed by atoms with Gasteiger partial charge in [0.15, 0.2) is 11.6 Å². The highest BCUT2D eigenvalue weighted by Crippen LogP contribution is 2.18. The maximum absolute atomic E-state index is 13.8. The minimum atomic E-state index is -0.913. The van der Waals surface area contributed by atoms with Crippen LogP contribution in [0.25, 0.3) is 0 Å². The van der Waals surface area contributed by atoms with E-state index in [1.807, 2.05) is 18.2 Å². The molecule has 0 bridgehead atoms. The minimum Gasteiger partial charge on any atom is -0.505 e. The van der Waals surface area contributed by atoms with E-state index < -0.39 is 29.3 Å². The van der Waals surface area contributed by atoms with Crippen molar-refractivity contribution in [3.8, 4) is 5.75 Å². The van der Waals surface area contributed by atoms with Crippen LogP contribution < -0.4 is 5.32 Å². The van der Waals surface area contributed by atoms with Crippen LogP contribution in [0, 0.1) is 5.82 Å². The van der Waals surface area contributed by atoms with Gasteiger partial charge in [-0.1, -0.05) is 36.4 Å². The summed E-state index contributed by atoms with van der Waals surface area (Å²) in [5.74, 6) is -1.48. The van der Waals surface area contributed by atoms with Crippen LogP contribution in [-0.4, -0.2) is 64.7 Å². The molecule has 0 saturated carbocycles. The van der Waals surface area contributed by atoms with Crippen LogP contribution >= 0.6 is 0 Å². The van der Waals surface area contributed by atoms with Gasteiger partial charge < -0.3 is 20.1 Å². The molecule has 1 unspecified atom stereocenters. The van der Waals surface area contributed by atoms with Gasteiger partial charge >= 0.3 is 6.09 Å². The summed E-state index contributed by atoms with van der Waals surface area (Å²) < 4.78 is 19.2. The number of phenols is 1. The van der Waals surface area contributed by atoms with Gasteiger partial charge in [-0.3, -0.25) is 9.69 Å². The Hall–Kier alpha value is -3.13. The number of alkyl carbamates (subject to hydrolysis) is 1. The highest BCUT2D eigenvalue weighted by Gasteiger charge is 2.30. The average molecular weight is 458 g/mol. The second-order valence-electron chi connectivity index (χ2n) is 9.28. The van der Waals surface area contributed by atoms with Crippen molar-refractivity contribution in [3.63, 3.8) is 0 Å². The number of hydrogen-bond acceptors (Lipinski definition) is 5. The Morgan fingerprint density at radius 1 is 1.06 bits per heavy atom. The first-order chi connectivity index (χ1) is 15.6. The molecule has 1 aliphatic rings. The lowest BCUT2D eigenvalue weighted by molar-refractivity contribution is -0.135. The number of ether oxygens (including phenoxy) is 1. The maximum atomic E-state index is 13.8. The monoisotopic (exact) mass is 457 g/mol. The van der Waals surface area contributed by atoms with Gasteiger partial charge in [-0.2, -0.15) is 0 Å². The number of nitrogens with zero attached hydrogens (tertiary/aromatic N) is 2. The third kappa shape index (κ3) is 7.46. The quantitative estimate of drug-likeness (QED) is 0.696. The van der Waals surface area contributed by atoms with Gasteiger partial charge in [-0.05, 0) is 44.0 Å². The molecule has 7 nitrogen and oxygen atoms in total. The van der Waals surface area contributed by atoms with Crippen molar-refractivity contribution < 1.29 is 23.8 Å². The second kappa shape index (κ2) is 10.7. The molecule has 3 rings (SSSR count). The molecular formula is C25H32FN3O4. The van der Waals surface area contributed by atoms with Crippen molar-refractivity contribution in [1.29, 1.82) is 0 Å². The molecular weight excluding hydrogens is 425 g/mol. The van der Waals surface area contributed by atoms with E-state index in [0.717, 1.165) is 6.54 Å². The van der Waals surface area contributed by atoms with Crippen molar-refractivity contribution >= 4 is 12.0 Å². The Bertz CT molecular complexity index is 954. The van der Waals surface area contributed by atoms with Crippen molar-refractivity contribution in [2.45, 2.75) is 45.4 Å². The second-order valence-corrected chi connectivity index (χ2v) is 9.28. The Balaban J connectivity index is 1.66. The fourth-order valence-electron chi connectivity index (χ4n) is 3.75. The SMILES string of the molecule is CC(C)(C)OC(=O)NC(Cc1ccc(O)c(F)c1)C(=O)N1CCN(Cc2ccccc2)CC1. The smallest absolute Gasteiger partial charge is 0.408 e. The zero-order chi connectivity index (χ0) is 24.0. The summed E-state index contributed by atoms with van der Waals surface area (Å²) in [5, 5.41) is 12.1. The van der Waals surface area contributed by atoms with Crippen LogP contribution in [0.1, 0.15) is 31.9 Å². The number of piperazine rings is 1. The van der Waals surface area contributed by atoms with Crippen LogP contribution in [0.2, 0.25) is 0 Å². The molecule has 0 radical (unpaired) electrons. The third-order valence-corrected chi connectivity index (χ3v) is 5.37. The highest BCUT2D eigenvalue weighted by molar-refractivity contribution is 5.86. The Morgan fingerprint density at radius 3 is 2.33 bits per heavy atom. The Labute approximate surface area is 194 Å². The van der Waals surface area contributed by atoms with E-state index in [9.17, 15) is 19.1 Å². The highest BCUT2D eigenvalue weighted by atomic mass is 19.1. The molecule has 178 valence electrons. The van der Waals surface area contributed by atoms with Gasteiger partial charge in [0.25, 0.3) is 0 Å². The molecule has 0 aromatic heterocycles. The maximum Gasteiger partial charge on any atom is 0.408 e. The van der Waals surface area contributed by atoms with Gasteiger partial charge in [0, 0.05) is 39.1 Å². The number of phenolic OH excluding ortho intramolecular Hbond substituents is 1. The standard InChI is InChI=1S/C25H32FN3O4/c1-25(2,3)33-24(32)27-21(16-19-9-10-22(30)20(26)15-19)23(31)29-13-11-28(12-14-29)17-18-7-5-4-6-8-18/h4-10,15,21,30H,11-14,16-17H2,1-3H3,(H,27,32). The normalized spacial score (nSPS) is 15.7. The summed E-state index contributed by atoms with van der Waals surface area (Å²) in [5.41, 5.74) is 0.990. The van der Waals surface area contributed by atoms with E-state index in [1.165, 1.54) is 23.8 Å². The van der Waals surface area contributed by atoms with Crippen molar-refractivity contribution in [2.24, 2.45) is 0 Å². The van der Waals surface area contributed by atoms with Crippen LogP contribution in [0.15, 0.2) is 48.5 Å². The Morgan fingerprint density at radius 2 is 1.73 bits per heavy atom. The number of nitrogens with one attached hydrogen (secondary N) is 1. The van der Waals surface area contributed by atoms with E-state index >= 15 is 0 Å². The van der Waals surface area contributed by atoms with E-state index in [2.05, 4.69) is 22.3 Å². The van der Waals surface area contributed by atoms with Gasteiger partial charge in [0.05, 0.1) is 0 Å². The predicted molar refractivity (Wildman–Crippen MR) is 123 cm³/mol. The first-order valence-corrected chi connectivity index (χ1v) is 11.1. The van der Waals surface area contributed by atoms with Gasteiger partial charge in [-0.25, -0.2) is 9.18 Å². The number of amides is 2. The van der Waals surface area contributed by atoms with Crippen molar-refractivity contribution in [2.75, 3.05) is 26.2 Å². The zero-order valence-electron chi connectivity index (χ0n) is 19.4. The van der Waals surface area contributed by atoms with Crippen LogP contribution in [0.3, 0.4) is 0 Å². The number of benzene rings is 2. The van der Waals surface area contributed by atoms with E-state index in [-0.39, 0.29) is 12.3 Å². The zero-order valence-corrected chi connectivity index (χ0v) is 19.4. The van der Waals surface area contributed by atoms with Crippen LogP contribution in [0.4, 0.5) is 9.18 Å². The summed E-state index contributed by atoms with van der Waals surface area (Å²) in [7, 11) is 0. The summed E-state index contributed by atoms with van der Waals surface area (Å²) in [4.78, 5) is 29.7. The molecule has 1 saturated heterocycles. The van der Waals surface area contributed by atoms with Crippen LogP contribution in [0.5, 0.6) is 5.75 Å². The molecule has 1 atom stereocenters. The fourth-order valence-corrected chi connectivity index (χ4v) is 3.75. The van der Waals surface area contributed by atoms with Gasteiger partial charge in [0.1, 0.15) is 11.6 Å². The average Bonchev–Trinajstić information content (AvgIpc) is 2.75. The largest absolute Gasteiger partial charge is 0.505 e. The molecule has 33 heavy (non-hydrogen) atoms. The topological polar surface area (TPSA) is 82.1 Å². The first kappa shape index (κ1) is 24.5. The number of rotatable bonds is 6. The van der Waals surface area contributed by atoms with Crippen LogP contribution in [-0.2, 0) is 22.5 Å². The lowest BCUT2D eigenvalue weighted by atomic mass is 10.0. The number of halogens is 1. The fraction of sp³-hybridized carbons (Fsp3) is 0.440. The molecule has 2 amide bonds. The van der Waals surface area contributed by atoms with Gasteiger partial charge in [-0.15, -0.1) is 0 Å². The number of aromatic hydroxyl groups is 1. The minimum absolute atomic E-state index is 0.0828. The lowest BCUT2D eigenvalue weighted by Gasteiger charge is -2.36. The summed E-state index contributed by atoms with van der Waals surface area (Å²) in [6.45, 7) is 8.53. The lowest BCUT2D eigenvalue weighted by Crippen LogP contribution is -2.55. The number of hydrogen-bond donors (Lipinski definition) is 2. The number of carbonyl (C=O) groups is 2. The molecule has 2 N–H and O–H groups in total. The van der Waals surface area contributed by atoms with E-state index in [1.54, 1.807) is 25.7 Å². The summed E-state index contributed by atoms with van der Waals surface area (Å²) in [6.07, 6.45) is -0.623.